The topological polar surface area (TPSA) is 37.3 Å². The molecule has 0 aliphatic heterocycles. The van der Waals surface area contributed by atoms with Gasteiger partial charge in [-0.2, -0.15) is 0 Å². The third-order valence-electron chi connectivity index (χ3n) is 15.3. The molecule has 0 amide bonds. The Hall–Kier alpha value is -4.53. The van der Waals surface area contributed by atoms with Gasteiger partial charge in [0.05, 0.1) is 0 Å². The lowest BCUT2D eigenvalue weighted by Crippen LogP contribution is -2.24. The minimum atomic E-state index is -0.0207. The molecule has 0 heterocycles. The molecule has 1 N–H and O–H groups in total. The number of aliphatic hydroxyl groups excluding tert-OH is 1. The van der Waals surface area contributed by atoms with Crippen LogP contribution in [0.2, 0.25) is 0 Å². The summed E-state index contributed by atoms with van der Waals surface area (Å²) < 4.78 is 0. The van der Waals surface area contributed by atoms with Crippen molar-refractivity contribution in [3.05, 3.63) is 142 Å². The number of rotatable bonds is 7. The van der Waals surface area contributed by atoms with Crippen molar-refractivity contribution in [2.45, 2.75) is 141 Å². The molecule has 2 heteroatoms. The Labute approximate surface area is 353 Å². The van der Waals surface area contributed by atoms with E-state index in [0.29, 0.717) is 30.1 Å². The molecule has 0 radical (unpaired) electrons. The summed E-state index contributed by atoms with van der Waals surface area (Å²) in [5, 5.41) is 15.3. The van der Waals surface area contributed by atoms with E-state index in [4.69, 9.17) is 0 Å². The molecule has 4 aliphatic carbocycles. The summed E-state index contributed by atoms with van der Waals surface area (Å²) in [6, 6.07) is 37.7. The van der Waals surface area contributed by atoms with Crippen LogP contribution in [-0.2, 0) is 28.5 Å². The van der Waals surface area contributed by atoms with Crippen LogP contribution >= 0.6 is 0 Å². The molecule has 0 aromatic heterocycles. The third kappa shape index (κ3) is 6.88. The zero-order chi connectivity index (χ0) is 41.1. The molecule has 4 aliphatic rings. The molecule has 2 saturated carbocycles. The molecule has 10 rings (SSSR count). The fourth-order valence-corrected chi connectivity index (χ4v) is 11.8. The number of carbonyl (C=O) groups is 1. The Balaban J connectivity index is 0.000000152. The van der Waals surface area contributed by atoms with Gasteiger partial charge in [-0.1, -0.05) is 151 Å². The number of benzene rings is 6. The highest BCUT2D eigenvalue weighted by atomic mass is 16.3. The van der Waals surface area contributed by atoms with Crippen molar-refractivity contribution in [3.8, 4) is 22.3 Å². The Bertz CT molecular complexity index is 2550. The molecule has 0 spiro atoms. The standard InChI is InChI=1S/C29H34O.C28H30O/c1-4-6-21-13-16-25-24-15-14-22(20-11-9-19(18-30)10-12-20)17-27(24)29(2,3)26-8-5-7-23(21)28(25)26;1-4-6-19-11-16-24-23-15-12-20(18-9-13-21(29)14-10-18)17-26(23)28(2,3)25-8-5-7-22(19)27(24)25/h5,7-8,13-17,19-20,30H,4,6,9-12,18H2,1-3H3;5,7-8,11-12,15-18H,4,6,9-10,13-14H2,1-3H3. The second-order valence-electron chi connectivity index (χ2n) is 19.6. The number of carbonyl (C=O) groups excluding carboxylic acids is 1. The van der Waals surface area contributed by atoms with Gasteiger partial charge in [0.2, 0.25) is 0 Å². The van der Waals surface area contributed by atoms with Crippen molar-refractivity contribution >= 4 is 27.3 Å². The highest BCUT2D eigenvalue weighted by molar-refractivity contribution is 6.06. The molecule has 0 saturated heterocycles. The van der Waals surface area contributed by atoms with E-state index in [1.165, 1.54) is 114 Å². The van der Waals surface area contributed by atoms with E-state index in [1.54, 1.807) is 0 Å². The lowest BCUT2D eigenvalue weighted by atomic mass is 9.67. The smallest absolute Gasteiger partial charge is 0.132 e. The molecule has 0 atom stereocenters. The maximum absolute atomic E-state index is 11.7. The van der Waals surface area contributed by atoms with Crippen LogP contribution in [0.1, 0.15) is 162 Å². The van der Waals surface area contributed by atoms with Crippen molar-refractivity contribution in [1.82, 2.24) is 0 Å². The van der Waals surface area contributed by atoms with Gasteiger partial charge in [0.25, 0.3) is 0 Å². The summed E-state index contributed by atoms with van der Waals surface area (Å²) in [5.74, 6) is 2.11. The van der Waals surface area contributed by atoms with Crippen LogP contribution in [0.25, 0.3) is 43.8 Å². The van der Waals surface area contributed by atoms with Gasteiger partial charge in [-0.15, -0.1) is 0 Å². The monoisotopic (exact) mass is 780 g/mol. The minimum absolute atomic E-state index is 0.00495. The lowest BCUT2D eigenvalue weighted by Gasteiger charge is -2.37. The van der Waals surface area contributed by atoms with E-state index in [-0.39, 0.29) is 10.8 Å². The predicted octanol–water partition coefficient (Wildman–Crippen LogP) is 14.7. The van der Waals surface area contributed by atoms with Crippen LogP contribution < -0.4 is 0 Å². The highest BCUT2D eigenvalue weighted by Gasteiger charge is 2.36. The second kappa shape index (κ2) is 15.8. The van der Waals surface area contributed by atoms with Gasteiger partial charge in [0.15, 0.2) is 0 Å². The molecular weight excluding hydrogens is 717 g/mol. The Morgan fingerprint density at radius 1 is 0.525 bits per heavy atom. The van der Waals surface area contributed by atoms with Crippen LogP contribution in [0.3, 0.4) is 0 Å². The van der Waals surface area contributed by atoms with E-state index < -0.39 is 0 Å². The number of hydrogen-bond donors (Lipinski definition) is 1. The third-order valence-corrected chi connectivity index (χ3v) is 15.3. The van der Waals surface area contributed by atoms with Crippen LogP contribution in [0, 0.1) is 5.92 Å². The fourth-order valence-electron chi connectivity index (χ4n) is 11.8. The molecule has 0 unspecified atom stereocenters. The molecule has 0 bridgehead atoms. The Morgan fingerprint density at radius 3 is 1.41 bits per heavy atom. The second-order valence-corrected chi connectivity index (χ2v) is 19.6. The summed E-state index contributed by atoms with van der Waals surface area (Å²) in [5.41, 5.74) is 17.3. The van der Waals surface area contributed by atoms with Gasteiger partial charge in [0, 0.05) is 30.3 Å². The first-order valence-corrected chi connectivity index (χ1v) is 23.1. The number of hydrogen-bond acceptors (Lipinski definition) is 2. The van der Waals surface area contributed by atoms with E-state index in [2.05, 4.69) is 139 Å². The van der Waals surface area contributed by atoms with Crippen LogP contribution in [0.4, 0.5) is 0 Å². The zero-order valence-corrected chi connectivity index (χ0v) is 36.5. The van der Waals surface area contributed by atoms with Crippen molar-refractivity contribution < 1.29 is 9.90 Å². The van der Waals surface area contributed by atoms with Crippen molar-refractivity contribution in [2.75, 3.05) is 6.61 Å². The van der Waals surface area contributed by atoms with Crippen LogP contribution in [0.5, 0.6) is 0 Å². The minimum Gasteiger partial charge on any atom is -0.396 e. The molecule has 2 nitrogen and oxygen atoms in total. The lowest BCUT2D eigenvalue weighted by molar-refractivity contribution is -0.120. The first-order valence-electron chi connectivity index (χ1n) is 23.1. The summed E-state index contributed by atoms with van der Waals surface area (Å²) >= 11 is 0. The summed E-state index contributed by atoms with van der Waals surface area (Å²) in [7, 11) is 0. The van der Waals surface area contributed by atoms with E-state index >= 15 is 0 Å². The van der Waals surface area contributed by atoms with Gasteiger partial charge in [-0.3, -0.25) is 4.79 Å². The average molecular weight is 781 g/mol. The van der Waals surface area contributed by atoms with E-state index in [0.717, 1.165) is 51.4 Å². The quantitative estimate of drug-likeness (QED) is 0.175. The van der Waals surface area contributed by atoms with Crippen molar-refractivity contribution in [1.29, 1.82) is 0 Å². The van der Waals surface area contributed by atoms with Gasteiger partial charge in [-0.05, 0) is 157 Å². The summed E-state index contributed by atoms with van der Waals surface area (Å²) in [6.07, 6.45) is 12.8. The first kappa shape index (κ1) is 39.9. The molecule has 6 aromatic rings. The van der Waals surface area contributed by atoms with Gasteiger partial charge < -0.3 is 5.11 Å². The maximum atomic E-state index is 11.7. The molecule has 304 valence electrons. The largest absolute Gasteiger partial charge is 0.396 e. The summed E-state index contributed by atoms with van der Waals surface area (Å²) in [6.45, 7) is 14.4. The summed E-state index contributed by atoms with van der Waals surface area (Å²) in [4.78, 5) is 11.7. The average Bonchev–Trinajstić information content (AvgIpc) is 3.26. The Kier molecular flexibility index (Phi) is 10.7. The number of aliphatic hydroxyl groups is 1. The number of fused-ring (bicyclic) bond motifs is 4. The first-order chi connectivity index (χ1) is 28.5. The normalized spacial score (nSPS) is 20.2. The maximum Gasteiger partial charge on any atom is 0.132 e. The van der Waals surface area contributed by atoms with Gasteiger partial charge in [0.1, 0.15) is 5.78 Å². The number of ketones is 1. The Morgan fingerprint density at radius 2 is 0.966 bits per heavy atom. The van der Waals surface area contributed by atoms with Crippen molar-refractivity contribution in [2.24, 2.45) is 5.92 Å². The van der Waals surface area contributed by atoms with Crippen LogP contribution in [-0.4, -0.2) is 17.5 Å². The zero-order valence-electron chi connectivity index (χ0n) is 36.5. The number of Topliss-reactive ketones (excluding diaryl/α,β-unsaturated/α-hetero) is 1. The van der Waals surface area contributed by atoms with Gasteiger partial charge in [-0.25, -0.2) is 0 Å². The van der Waals surface area contributed by atoms with Crippen LogP contribution in [0.15, 0.2) is 97.1 Å². The number of aryl methyl sites for hydroxylation is 2. The fraction of sp³-hybridized carbons (Fsp3) is 0.421. The van der Waals surface area contributed by atoms with Crippen molar-refractivity contribution in [3.63, 3.8) is 0 Å². The highest BCUT2D eigenvalue weighted by Crippen LogP contribution is 2.52. The predicted molar refractivity (Wildman–Crippen MR) is 249 cm³/mol. The van der Waals surface area contributed by atoms with E-state index in [9.17, 15) is 9.90 Å². The van der Waals surface area contributed by atoms with Gasteiger partial charge >= 0.3 is 0 Å². The molecule has 6 aromatic carbocycles. The SMILES string of the molecule is CCCc1ccc2c3c(cccc13)C(C)(C)c1cc(C3CCC(=O)CC3)ccc1-2.CCCc1ccc2c3c(cccc13)C(C)(C)c1cc(C3CCC(CO)CC3)ccc1-2. The molecular formula is C57H64O2. The molecule has 59 heavy (non-hydrogen) atoms. The van der Waals surface area contributed by atoms with E-state index in [1.807, 2.05) is 0 Å². The molecule has 2 fully saturated rings.